The zero-order chi connectivity index (χ0) is 11.1. The van der Waals surface area contributed by atoms with E-state index in [1.54, 1.807) is 13.8 Å². The zero-order valence-electron chi connectivity index (χ0n) is 8.60. The molecule has 0 N–H and O–H groups in total. The van der Waals surface area contributed by atoms with Gasteiger partial charge in [0.15, 0.2) is 0 Å². The molecule has 0 aliphatic carbocycles. The highest BCUT2D eigenvalue weighted by atomic mass is 16.8. The highest BCUT2D eigenvalue weighted by Gasteiger charge is 2.28. The third kappa shape index (κ3) is 4.54. The summed E-state index contributed by atoms with van der Waals surface area (Å²) in [5, 5.41) is 0. The van der Waals surface area contributed by atoms with Crippen LogP contribution in [0.4, 0.5) is 9.59 Å². The van der Waals surface area contributed by atoms with Gasteiger partial charge in [-0.1, -0.05) is 0 Å². The first-order chi connectivity index (χ1) is 6.51. The minimum Gasteiger partial charge on any atom is -0.438 e. The molecule has 0 aromatic heterocycles. The lowest BCUT2D eigenvalue weighted by atomic mass is 10.3. The van der Waals surface area contributed by atoms with Crippen LogP contribution in [0.2, 0.25) is 0 Å². The van der Waals surface area contributed by atoms with E-state index >= 15 is 0 Å². The number of carbonyl (C=O) groups excluding carboxylic acids is 2. The molecule has 6 heteroatoms. The van der Waals surface area contributed by atoms with Gasteiger partial charge in [0.05, 0.1) is 14.2 Å². The number of methoxy groups -OCH3 is 2. The third-order valence-corrected chi connectivity index (χ3v) is 1.56. The van der Waals surface area contributed by atoms with Crippen molar-refractivity contribution < 1.29 is 28.5 Å². The van der Waals surface area contributed by atoms with E-state index in [1.165, 1.54) is 14.2 Å². The van der Waals surface area contributed by atoms with Crippen molar-refractivity contribution in [2.45, 2.75) is 26.1 Å². The Bertz CT molecular complexity index is 184. The molecular weight excluding hydrogens is 192 g/mol. The Kier molecular flexibility index (Phi) is 5.43. The molecule has 0 spiro atoms. The first kappa shape index (κ1) is 12.5. The van der Waals surface area contributed by atoms with Gasteiger partial charge in [-0.25, -0.2) is 9.59 Å². The van der Waals surface area contributed by atoms with Crippen LogP contribution in [0.15, 0.2) is 0 Å². The van der Waals surface area contributed by atoms with E-state index in [2.05, 4.69) is 18.9 Å². The number of cyclic esters (lactones) is 2. The van der Waals surface area contributed by atoms with Crippen molar-refractivity contribution in [3.8, 4) is 0 Å². The van der Waals surface area contributed by atoms with Gasteiger partial charge in [-0.2, -0.15) is 0 Å². The predicted molar refractivity (Wildman–Crippen MR) is 45.9 cm³/mol. The lowest BCUT2D eigenvalue weighted by Crippen LogP contribution is -2.13. The second kappa shape index (κ2) is 6.06. The first-order valence-electron chi connectivity index (χ1n) is 4.00. The van der Waals surface area contributed by atoms with Crippen molar-refractivity contribution in [3.05, 3.63) is 0 Å². The minimum absolute atomic E-state index is 0.0810. The molecule has 0 radical (unpaired) electrons. The number of rotatable bonds is 0. The molecule has 82 valence electrons. The molecular formula is C8H14O6. The second-order valence-corrected chi connectivity index (χ2v) is 2.55. The van der Waals surface area contributed by atoms with Gasteiger partial charge >= 0.3 is 12.3 Å². The van der Waals surface area contributed by atoms with Gasteiger partial charge in [-0.05, 0) is 13.8 Å². The number of hydrogen-bond donors (Lipinski definition) is 0. The molecule has 0 amide bonds. The number of hydrogen-bond acceptors (Lipinski definition) is 6. The fourth-order valence-corrected chi connectivity index (χ4v) is 0.606. The van der Waals surface area contributed by atoms with Crippen molar-refractivity contribution in [1.82, 2.24) is 0 Å². The van der Waals surface area contributed by atoms with Crippen molar-refractivity contribution in [2.75, 3.05) is 14.2 Å². The maximum Gasteiger partial charge on any atom is 0.509 e. The molecule has 2 atom stereocenters. The van der Waals surface area contributed by atoms with Crippen molar-refractivity contribution >= 4 is 12.3 Å². The van der Waals surface area contributed by atoms with Crippen LogP contribution in [0.3, 0.4) is 0 Å². The molecule has 0 aromatic carbocycles. The largest absolute Gasteiger partial charge is 0.509 e. The molecule has 0 aromatic rings. The van der Waals surface area contributed by atoms with E-state index in [9.17, 15) is 9.59 Å². The van der Waals surface area contributed by atoms with Gasteiger partial charge in [-0.15, -0.1) is 0 Å². The summed E-state index contributed by atoms with van der Waals surface area (Å²) in [4.78, 5) is 20.0. The molecule has 1 rings (SSSR count). The van der Waals surface area contributed by atoms with Crippen LogP contribution in [0.25, 0.3) is 0 Å². The smallest absolute Gasteiger partial charge is 0.438 e. The van der Waals surface area contributed by atoms with Crippen LogP contribution < -0.4 is 0 Å². The molecule has 1 aliphatic rings. The van der Waals surface area contributed by atoms with Gasteiger partial charge in [0.25, 0.3) is 0 Å². The van der Waals surface area contributed by atoms with Crippen LogP contribution in [0.1, 0.15) is 13.8 Å². The Balaban J connectivity index is 0.000000255. The number of carbonyl (C=O) groups is 2. The molecule has 14 heavy (non-hydrogen) atoms. The van der Waals surface area contributed by atoms with Gasteiger partial charge in [0, 0.05) is 0 Å². The normalized spacial score (nSPS) is 23.9. The molecule has 6 nitrogen and oxygen atoms in total. The molecule has 1 heterocycles. The van der Waals surface area contributed by atoms with Gasteiger partial charge in [0.2, 0.25) is 0 Å². The number of ether oxygens (including phenoxy) is 4. The van der Waals surface area contributed by atoms with Gasteiger partial charge < -0.3 is 18.9 Å². The Morgan fingerprint density at radius 1 is 1.14 bits per heavy atom. The monoisotopic (exact) mass is 206 g/mol. The van der Waals surface area contributed by atoms with Crippen LogP contribution in [-0.2, 0) is 18.9 Å². The summed E-state index contributed by atoms with van der Waals surface area (Å²) in [7, 11) is 2.51. The summed E-state index contributed by atoms with van der Waals surface area (Å²) < 4.78 is 17.3. The van der Waals surface area contributed by atoms with Crippen LogP contribution in [0.5, 0.6) is 0 Å². The van der Waals surface area contributed by atoms with E-state index in [-0.39, 0.29) is 12.2 Å². The van der Waals surface area contributed by atoms with Crippen molar-refractivity contribution in [3.63, 3.8) is 0 Å². The molecule has 1 fully saturated rings. The summed E-state index contributed by atoms with van der Waals surface area (Å²) in [6, 6.07) is 0. The van der Waals surface area contributed by atoms with Crippen molar-refractivity contribution in [2.24, 2.45) is 0 Å². The Labute approximate surface area is 82.1 Å². The highest BCUT2D eigenvalue weighted by molar-refractivity contribution is 5.62. The molecule has 0 bridgehead atoms. The Morgan fingerprint density at radius 2 is 1.50 bits per heavy atom. The van der Waals surface area contributed by atoms with Gasteiger partial charge in [-0.3, -0.25) is 0 Å². The summed E-state index contributed by atoms with van der Waals surface area (Å²) in [6.07, 6.45) is -1.37. The first-order valence-corrected chi connectivity index (χ1v) is 4.00. The standard InChI is InChI=1S/C5H8O3.C3H6O3/c1-3-4(2)8-5(6)7-3;1-5-3(4)6-2/h3-4H,1-2H3;1-2H3. The average molecular weight is 206 g/mol. The molecule has 1 aliphatic heterocycles. The maximum absolute atomic E-state index is 10.2. The fourth-order valence-electron chi connectivity index (χ4n) is 0.606. The van der Waals surface area contributed by atoms with E-state index in [1.807, 2.05) is 0 Å². The van der Waals surface area contributed by atoms with Gasteiger partial charge in [0.1, 0.15) is 12.2 Å². The summed E-state index contributed by atoms with van der Waals surface area (Å²) in [6.45, 7) is 3.60. The third-order valence-electron chi connectivity index (χ3n) is 1.56. The van der Waals surface area contributed by atoms with E-state index in [0.29, 0.717) is 0 Å². The quantitative estimate of drug-likeness (QED) is 0.557. The van der Waals surface area contributed by atoms with Crippen LogP contribution in [-0.4, -0.2) is 38.7 Å². The summed E-state index contributed by atoms with van der Waals surface area (Å²) in [5.41, 5.74) is 0. The lowest BCUT2D eigenvalue weighted by molar-refractivity contribution is 0.0924. The minimum atomic E-state index is -0.657. The van der Waals surface area contributed by atoms with Crippen molar-refractivity contribution in [1.29, 1.82) is 0 Å². The molecule has 2 unspecified atom stereocenters. The maximum atomic E-state index is 10.2. The Hall–Kier alpha value is -1.46. The molecule has 1 saturated heterocycles. The average Bonchev–Trinajstić information content (AvgIpc) is 2.44. The Morgan fingerprint density at radius 3 is 1.57 bits per heavy atom. The van der Waals surface area contributed by atoms with Crippen LogP contribution in [0, 0.1) is 0 Å². The highest BCUT2D eigenvalue weighted by Crippen LogP contribution is 2.12. The van der Waals surface area contributed by atoms with E-state index in [0.717, 1.165) is 0 Å². The SMILES string of the molecule is CC1OC(=O)OC1C.COC(=O)OC. The topological polar surface area (TPSA) is 71.1 Å². The summed E-state index contributed by atoms with van der Waals surface area (Å²) >= 11 is 0. The van der Waals surface area contributed by atoms with E-state index in [4.69, 9.17) is 0 Å². The summed E-state index contributed by atoms with van der Waals surface area (Å²) in [5.74, 6) is 0. The van der Waals surface area contributed by atoms with Crippen LogP contribution >= 0.6 is 0 Å². The predicted octanol–water partition coefficient (Wildman–Crippen LogP) is 1.33. The lowest BCUT2D eigenvalue weighted by Gasteiger charge is -2.00. The fraction of sp³-hybridized carbons (Fsp3) is 0.750. The molecule has 0 saturated carbocycles. The zero-order valence-corrected chi connectivity index (χ0v) is 8.60. The van der Waals surface area contributed by atoms with E-state index < -0.39 is 12.3 Å². The second-order valence-electron chi connectivity index (χ2n) is 2.55.